The zero-order chi connectivity index (χ0) is 24.2. The monoisotopic (exact) mass is 456 g/mol. The van der Waals surface area contributed by atoms with Crippen LogP contribution in [-0.2, 0) is 4.79 Å². The van der Waals surface area contributed by atoms with Crippen LogP contribution in [0.5, 0.6) is 0 Å². The second-order valence-corrected chi connectivity index (χ2v) is 13.2. The predicted molar refractivity (Wildman–Crippen MR) is 135 cm³/mol. The van der Waals surface area contributed by atoms with Crippen molar-refractivity contribution in [2.75, 3.05) is 6.61 Å². The number of rotatable bonds is 9. The standard InChI is InChI=1S/C30H48O3/c1-20(2)8-7-9-21(3)23-12-14-28(6)25-11-10-24(22(4)18-31)29(15-13-26(32)33)19-30(25,29)17-16-27(23,28)5/h8,21,23-25,31H,4,7,9-19H2,1-3,5-6H3,(H,32,33). The molecule has 0 aromatic rings. The molecule has 0 heterocycles. The zero-order valence-corrected chi connectivity index (χ0v) is 21.9. The van der Waals surface area contributed by atoms with Crippen molar-refractivity contribution in [3.63, 3.8) is 0 Å². The highest BCUT2D eigenvalue weighted by Crippen LogP contribution is 2.87. The molecule has 4 saturated carbocycles. The minimum atomic E-state index is -0.681. The molecule has 4 aliphatic rings. The SMILES string of the molecule is C=C(CO)C1CCC2C3(C)CCC(C(C)CCC=C(C)C)C3(C)CCC23CC13CCC(=O)O. The first-order chi connectivity index (χ1) is 15.5. The molecule has 8 atom stereocenters. The highest BCUT2D eigenvalue weighted by molar-refractivity contribution is 5.67. The molecule has 0 aliphatic heterocycles. The number of aliphatic carboxylic acids is 1. The molecule has 0 saturated heterocycles. The highest BCUT2D eigenvalue weighted by Gasteiger charge is 2.80. The highest BCUT2D eigenvalue weighted by atomic mass is 16.4. The van der Waals surface area contributed by atoms with E-state index in [-0.39, 0.29) is 23.9 Å². The summed E-state index contributed by atoms with van der Waals surface area (Å²) in [6.45, 7) is 16.4. The number of aliphatic hydroxyl groups excluding tert-OH is 1. The van der Waals surface area contributed by atoms with Gasteiger partial charge in [-0.25, -0.2) is 0 Å². The maximum Gasteiger partial charge on any atom is 0.303 e. The summed E-state index contributed by atoms with van der Waals surface area (Å²) in [5.74, 6) is 1.85. The summed E-state index contributed by atoms with van der Waals surface area (Å²) in [4.78, 5) is 11.6. The molecule has 8 unspecified atom stereocenters. The molecule has 2 N–H and O–H groups in total. The third-order valence-corrected chi connectivity index (χ3v) is 11.9. The third kappa shape index (κ3) is 3.58. The first kappa shape index (κ1) is 25.0. The average Bonchev–Trinajstić information content (AvgIpc) is 3.35. The Hall–Kier alpha value is -1.09. The van der Waals surface area contributed by atoms with Crippen LogP contribution in [-0.4, -0.2) is 22.8 Å². The molecular weight excluding hydrogens is 408 g/mol. The number of hydrogen-bond acceptors (Lipinski definition) is 2. The molecule has 0 aromatic heterocycles. The van der Waals surface area contributed by atoms with Gasteiger partial charge in [-0.15, -0.1) is 0 Å². The molecular formula is C30H48O3. The summed E-state index contributed by atoms with van der Waals surface area (Å²) in [5.41, 5.74) is 3.44. The molecule has 4 aliphatic carbocycles. The van der Waals surface area contributed by atoms with Gasteiger partial charge in [0.15, 0.2) is 0 Å². The van der Waals surface area contributed by atoms with E-state index in [4.69, 9.17) is 0 Å². The lowest BCUT2D eigenvalue weighted by molar-refractivity contribution is -0.139. The van der Waals surface area contributed by atoms with Crippen LogP contribution in [0.2, 0.25) is 0 Å². The Balaban J connectivity index is 1.61. The first-order valence-electron chi connectivity index (χ1n) is 13.6. The number of carboxylic acids is 1. The number of fused-ring (bicyclic) bond motifs is 2. The van der Waals surface area contributed by atoms with Gasteiger partial charge < -0.3 is 10.2 Å². The predicted octanol–water partition coefficient (Wildman–Crippen LogP) is 7.40. The largest absolute Gasteiger partial charge is 0.481 e. The first-order valence-corrected chi connectivity index (χ1v) is 13.6. The van der Waals surface area contributed by atoms with Crippen molar-refractivity contribution in [1.82, 2.24) is 0 Å². The Morgan fingerprint density at radius 1 is 1.12 bits per heavy atom. The normalized spacial score (nSPS) is 44.2. The van der Waals surface area contributed by atoms with E-state index >= 15 is 0 Å². The molecule has 4 rings (SSSR count). The van der Waals surface area contributed by atoms with Crippen LogP contribution < -0.4 is 0 Å². The molecule has 1 spiro atoms. The Morgan fingerprint density at radius 2 is 1.85 bits per heavy atom. The van der Waals surface area contributed by atoms with Crippen LogP contribution >= 0.6 is 0 Å². The fraction of sp³-hybridized carbons (Fsp3) is 0.833. The Kier molecular flexibility index (Phi) is 6.47. The van der Waals surface area contributed by atoms with Gasteiger partial charge in [-0.1, -0.05) is 39.0 Å². The minimum absolute atomic E-state index is 0.0422. The lowest BCUT2D eigenvalue weighted by atomic mass is 9.43. The smallest absolute Gasteiger partial charge is 0.303 e. The lowest BCUT2D eigenvalue weighted by Crippen LogP contribution is -2.54. The second kappa shape index (κ2) is 8.54. The fourth-order valence-electron chi connectivity index (χ4n) is 10.1. The molecule has 0 amide bonds. The Morgan fingerprint density at radius 3 is 2.48 bits per heavy atom. The van der Waals surface area contributed by atoms with Gasteiger partial charge in [0.05, 0.1) is 6.61 Å². The summed E-state index contributed by atoms with van der Waals surface area (Å²) in [7, 11) is 0. The van der Waals surface area contributed by atoms with Gasteiger partial charge in [-0.05, 0) is 129 Å². The van der Waals surface area contributed by atoms with Crippen LogP contribution in [0.4, 0.5) is 0 Å². The third-order valence-electron chi connectivity index (χ3n) is 11.9. The van der Waals surface area contributed by atoms with Crippen molar-refractivity contribution in [3.05, 3.63) is 23.8 Å². The van der Waals surface area contributed by atoms with Crippen LogP contribution in [0.3, 0.4) is 0 Å². The van der Waals surface area contributed by atoms with Crippen LogP contribution in [0, 0.1) is 45.3 Å². The van der Waals surface area contributed by atoms with Crippen LogP contribution in [0.1, 0.15) is 105 Å². The van der Waals surface area contributed by atoms with Gasteiger partial charge in [0.25, 0.3) is 0 Å². The number of carbonyl (C=O) groups is 1. The summed E-state index contributed by atoms with van der Waals surface area (Å²) in [6, 6.07) is 0. The number of allylic oxidation sites excluding steroid dienone is 2. The van der Waals surface area contributed by atoms with Crippen LogP contribution in [0.25, 0.3) is 0 Å². The van der Waals surface area contributed by atoms with Crippen molar-refractivity contribution in [2.45, 2.75) is 105 Å². The van der Waals surface area contributed by atoms with E-state index in [1.807, 2.05) is 0 Å². The second-order valence-electron chi connectivity index (χ2n) is 13.2. The van der Waals surface area contributed by atoms with E-state index in [1.165, 1.54) is 50.5 Å². The summed E-state index contributed by atoms with van der Waals surface area (Å²) >= 11 is 0. The zero-order valence-electron chi connectivity index (χ0n) is 21.9. The van der Waals surface area contributed by atoms with Gasteiger partial charge in [-0.3, -0.25) is 4.79 Å². The van der Waals surface area contributed by atoms with Gasteiger partial charge in [0.1, 0.15) is 0 Å². The summed E-state index contributed by atoms with van der Waals surface area (Å²) in [5, 5.41) is 19.5. The van der Waals surface area contributed by atoms with E-state index in [2.05, 4.69) is 47.3 Å². The molecule has 33 heavy (non-hydrogen) atoms. The van der Waals surface area contributed by atoms with Gasteiger partial charge >= 0.3 is 5.97 Å². The molecule has 0 radical (unpaired) electrons. The minimum Gasteiger partial charge on any atom is -0.481 e. The van der Waals surface area contributed by atoms with Gasteiger partial charge in [0.2, 0.25) is 0 Å². The topological polar surface area (TPSA) is 57.5 Å². The number of hydrogen-bond donors (Lipinski definition) is 2. The molecule has 4 fully saturated rings. The van der Waals surface area contributed by atoms with Gasteiger partial charge in [0, 0.05) is 6.42 Å². The summed E-state index contributed by atoms with van der Waals surface area (Å²) < 4.78 is 0. The van der Waals surface area contributed by atoms with Crippen molar-refractivity contribution in [3.8, 4) is 0 Å². The van der Waals surface area contributed by atoms with E-state index in [0.717, 1.165) is 36.7 Å². The fourth-order valence-corrected chi connectivity index (χ4v) is 10.1. The maximum absolute atomic E-state index is 11.6. The maximum atomic E-state index is 11.6. The van der Waals surface area contributed by atoms with E-state index in [0.29, 0.717) is 22.7 Å². The quantitative estimate of drug-likeness (QED) is 0.355. The molecule has 0 bridgehead atoms. The number of aliphatic hydroxyl groups is 1. The van der Waals surface area contributed by atoms with Gasteiger partial charge in [-0.2, -0.15) is 0 Å². The lowest BCUT2D eigenvalue weighted by Gasteiger charge is -2.61. The molecule has 186 valence electrons. The molecule has 3 heteroatoms. The van der Waals surface area contributed by atoms with Crippen molar-refractivity contribution in [1.29, 1.82) is 0 Å². The molecule has 0 aromatic carbocycles. The van der Waals surface area contributed by atoms with Crippen molar-refractivity contribution in [2.24, 2.45) is 45.3 Å². The van der Waals surface area contributed by atoms with E-state index < -0.39 is 5.97 Å². The Labute approximate surface area is 202 Å². The number of carboxylic acid groups (broad SMARTS) is 1. The van der Waals surface area contributed by atoms with Crippen molar-refractivity contribution >= 4 is 5.97 Å². The summed E-state index contributed by atoms with van der Waals surface area (Å²) in [6.07, 6.45) is 14.6. The molecule has 3 nitrogen and oxygen atoms in total. The Bertz CT molecular complexity index is 824. The van der Waals surface area contributed by atoms with Crippen LogP contribution in [0.15, 0.2) is 23.8 Å². The van der Waals surface area contributed by atoms with Crippen molar-refractivity contribution < 1.29 is 15.0 Å². The average molecular weight is 457 g/mol. The van der Waals surface area contributed by atoms with E-state index in [9.17, 15) is 15.0 Å². The van der Waals surface area contributed by atoms with E-state index in [1.54, 1.807) is 0 Å².